The smallest absolute Gasteiger partial charge is 0.122 e. The zero-order chi connectivity index (χ0) is 12.1. The van der Waals surface area contributed by atoms with Crippen molar-refractivity contribution in [1.82, 2.24) is 0 Å². The Labute approximate surface area is 100 Å². The van der Waals surface area contributed by atoms with Crippen LogP contribution in [-0.2, 0) is 0 Å². The molecule has 17 heavy (non-hydrogen) atoms. The first-order valence-corrected chi connectivity index (χ1v) is 5.40. The molecule has 0 bridgehead atoms. The Balaban J connectivity index is 2.43. The van der Waals surface area contributed by atoms with Gasteiger partial charge in [0, 0.05) is 12.0 Å². The Morgan fingerprint density at radius 3 is 2.76 bits per heavy atom. The quantitative estimate of drug-likeness (QED) is 0.804. The third kappa shape index (κ3) is 2.31. The third-order valence-corrected chi connectivity index (χ3v) is 2.70. The molecule has 1 heterocycles. The second kappa shape index (κ2) is 5.22. The maximum Gasteiger partial charge on any atom is 0.122 e. The van der Waals surface area contributed by atoms with E-state index in [-0.39, 0.29) is 5.92 Å². The van der Waals surface area contributed by atoms with E-state index in [1.807, 2.05) is 36.4 Å². The molecule has 0 aliphatic carbocycles. The first-order chi connectivity index (χ1) is 8.36. The highest BCUT2D eigenvalue weighted by atomic mass is 16.5. The number of furan rings is 1. The maximum atomic E-state index is 8.93. The molecule has 0 saturated heterocycles. The van der Waals surface area contributed by atoms with Crippen LogP contribution in [0.15, 0.2) is 47.1 Å². The Kier molecular flexibility index (Phi) is 3.46. The van der Waals surface area contributed by atoms with E-state index in [1.54, 1.807) is 13.4 Å². The van der Waals surface area contributed by atoms with Gasteiger partial charge in [0.25, 0.3) is 0 Å². The van der Waals surface area contributed by atoms with Crippen LogP contribution in [-0.4, -0.2) is 7.11 Å². The summed E-state index contributed by atoms with van der Waals surface area (Å²) in [5, 5.41) is 8.93. The number of hydrogen-bond acceptors (Lipinski definition) is 3. The van der Waals surface area contributed by atoms with Crippen LogP contribution in [0.25, 0.3) is 0 Å². The predicted octanol–water partition coefficient (Wildman–Crippen LogP) is 3.33. The fourth-order valence-corrected chi connectivity index (χ4v) is 1.90. The SMILES string of the molecule is COc1ccccc1C(CC#N)c1ccco1. The van der Waals surface area contributed by atoms with E-state index in [0.717, 1.165) is 17.1 Å². The average Bonchev–Trinajstić information content (AvgIpc) is 2.89. The molecule has 0 aliphatic rings. The Bertz CT molecular complexity index is 511. The van der Waals surface area contributed by atoms with Gasteiger partial charge in [-0.1, -0.05) is 18.2 Å². The predicted molar refractivity (Wildman–Crippen MR) is 63.8 cm³/mol. The lowest BCUT2D eigenvalue weighted by molar-refractivity contribution is 0.402. The molecule has 0 fully saturated rings. The van der Waals surface area contributed by atoms with Crippen LogP contribution in [0.1, 0.15) is 23.7 Å². The number of hydrogen-bond donors (Lipinski definition) is 0. The lowest BCUT2D eigenvalue weighted by Crippen LogP contribution is -2.01. The molecule has 0 saturated carbocycles. The van der Waals surface area contributed by atoms with Gasteiger partial charge in [0.2, 0.25) is 0 Å². The summed E-state index contributed by atoms with van der Waals surface area (Å²) < 4.78 is 10.7. The second-order valence-corrected chi connectivity index (χ2v) is 3.67. The normalized spacial score (nSPS) is 11.8. The molecule has 0 aliphatic heterocycles. The molecule has 0 amide bonds. The summed E-state index contributed by atoms with van der Waals surface area (Å²) in [6, 6.07) is 13.6. The van der Waals surface area contributed by atoms with Gasteiger partial charge in [-0.05, 0) is 18.2 Å². The van der Waals surface area contributed by atoms with Crippen LogP contribution in [0.3, 0.4) is 0 Å². The van der Waals surface area contributed by atoms with Crippen molar-refractivity contribution in [1.29, 1.82) is 5.26 Å². The van der Waals surface area contributed by atoms with Gasteiger partial charge in [-0.2, -0.15) is 5.26 Å². The molecule has 1 aromatic carbocycles. The zero-order valence-corrected chi connectivity index (χ0v) is 9.59. The molecule has 3 heteroatoms. The van der Waals surface area contributed by atoms with E-state index in [4.69, 9.17) is 14.4 Å². The third-order valence-electron chi connectivity index (χ3n) is 2.70. The molecule has 0 N–H and O–H groups in total. The van der Waals surface area contributed by atoms with Crippen LogP contribution >= 0.6 is 0 Å². The number of ether oxygens (including phenoxy) is 1. The van der Waals surface area contributed by atoms with E-state index in [9.17, 15) is 0 Å². The Morgan fingerprint density at radius 1 is 1.29 bits per heavy atom. The summed E-state index contributed by atoms with van der Waals surface area (Å²) in [6.07, 6.45) is 1.99. The van der Waals surface area contributed by atoms with Gasteiger partial charge in [0.1, 0.15) is 11.5 Å². The average molecular weight is 227 g/mol. The summed E-state index contributed by atoms with van der Waals surface area (Å²) in [5.74, 6) is 1.49. The van der Waals surface area contributed by atoms with E-state index >= 15 is 0 Å². The first kappa shape index (κ1) is 11.3. The molecule has 2 rings (SSSR count). The first-order valence-electron chi connectivity index (χ1n) is 5.40. The van der Waals surface area contributed by atoms with E-state index in [1.165, 1.54) is 0 Å². The minimum atomic E-state index is -0.0776. The molecule has 0 spiro atoms. The van der Waals surface area contributed by atoms with Crippen molar-refractivity contribution in [3.63, 3.8) is 0 Å². The van der Waals surface area contributed by atoms with Gasteiger partial charge in [-0.25, -0.2) is 0 Å². The monoisotopic (exact) mass is 227 g/mol. The van der Waals surface area contributed by atoms with Crippen molar-refractivity contribution >= 4 is 0 Å². The summed E-state index contributed by atoms with van der Waals surface area (Å²) in [5.41, 5.74) is 0.978. The van der Waals surface area contributed by atoms with E-state index < -0.39 is 0 Å². The number of para-hydroxylation sites is 1. The topological polar surface area (TPSA) is 46.2 Å². The molecule has 2 aromatic rings. The number of nitriles is 1. The van der Waals surface area contributed by atoms with Crippen LogP contribution in [0.2, 0.25) is 0 Å². The standard InChI is InChI=1S/C14H13NO2/c1-16-13-6-3-2-5-11(13)12(8-9-15)14-7-4-10-17-14/h2-7,10,12H,8H2,1H3. The highest BCUT2D eigenvalue weighted by Crippen LogP contribution is 2.34. The Morgan fingerprint density at radius 2 is 2.12 bits per heavy atom. The van der Waals surface area contributed by atoms with Gasteiger partial charge in [-0.3, -0.25) is 0 Å². The highest BCUT2D eigenvalue weighted by molar-refractivity contribution is 5.40. The maximum absolute atomic E-state index is 8.93. The van der Waals surface area contributed by atoms with Crippen LogP contribution in [0.5, 0.6) is 5.75 Å². The van der Waals surface area contributed by atoms with E-state index in [0.29, 0.717) is 6.42 Å². The number of methoxy groups -OCH3 is 1. The number of rotatable bonds is 4. The van der Waals surface area contributed by atoms with Crippen molar-refractivity contribution in [2.24, 2.45) is 0 Å². The molecule has 3 nitrogen and oxygen atoms in total. The second-order valence-electron chi connectivity index (χ2n) is 3.67. The van der Waals surface area contributed by atoms with Crippen LogP contribution in [0, 0.1) is 11.3 Å². The zero-order valence-electron chi connectivity index (χ0n) is 9.59. The molecular formula is C14H13NO2. The summed E-state index contributed by atoms with van der Waals surface area (Å²) >= 11 is 0. The highest BCUT2D eigenvalue weighted by Gasteiger charge is 2.20. The molecular weight excluding hydrogens is 214 g/mol. The molecule has 0 radical (unpaired) electrons. The Hall–Kier alpha value is -2.21. The number of benzene rings is 1. The number of nitrogens with zero attached hydrogens (tertiary/aromatic N) is 1. The van der Waals surface area contributed by atoms with E-state index in [2.05, 4.69) is 6.07 Å². The van der Waals surface area contributed by atoms with Gasteiger partial charge in [0.15, 0.2) is 0 Å². The lowest BCUT2D eigenvalue weighted by atomic mass is 9.93. The van der Waals surface area contributed by atoms with Gasteiger partial charge >= 0.3 is 0 Å². The fraction of sp³-hybridized carbons (Fsp3) is 0.214. The fourth-order valence-electron chi connectivity index (χ4n) is 1.90. The summed E-state index contributed by atoms with van der Waals surface area (Å²) in [6.45, 7) is 0. The van der Waals surface area contributed by atoms with Gasteiger partial charge < -0.3 is 9.15 Å². The lowest BCUT2D eigenvalue weighted by Gasteiger charge is -2.15. The largest absolute Gasteiger partial charge is 0.496 e. The van der Waals surface area contributed by atoms with Crippen LogP contribution in [0.4, 0.5) is 0 Å². The van der Waals surface area contributed by atoms with Crippen molar-refractivity contribution in [3.8, 4) is 11.8 Å². The van der Waals surface area contributed by atoms with Crippen molar-refractivity contribution in [3.05, 3.63) is 54.0 Å². The van der Waals surface area contributed by atoms with Gasteiger partial charge in [0.05, 0.1) is 25.4 Å². The molecule has 1 atom stereocenters. The van der Waals surface area contributed by atoms with Gasteiger partial charge in [-0.15, -0.1) is 0 Å². The summed E-state index contributed by atoms with van der Waals surface area (Å²) in [4.78, 5) is 0. The molecule has 1 aromatic heterocycles. The minimum Gasteiger partial charge on any atom is -0.496 e. The minimum absolute atomic E-state index is 0.0776. The summed E-state index contributed by atoms with van der Waals surface area (Å²) in [7, 11) is 1.63. The van der Waals surface area contributed by atoms with Crippen molar-refractivity contribution in [2.45, 2.75) is 12.3 Å². The molecule has 1 unspecified atom stereocenters. The van der Waals surface area contributed by atoms with Crippen LogP contribution < -0.4 is 4.74 Å². The van der Waals surface area contributed by atoms with Crippen molar-refractivity contribution < 1.29 is 9.15 Å². The van der Waals surface area contributed by atoms with Crippen molar-refractivity contribution in [2.75, 3.05) is 7.11 Å². The molecule has 86 valence electrons.